The molecule has 118 valence electrons. The number of nitrogens with one attached hydrogen (secondary N) is 1. The maximum absolute atomic E-state index is 8.90. The summed E-state index contributed by atoms with van der Waals surface area (Å²) in [6.07, 6.45) is 6.37. The number of anilines is 1. The highest BCUT2D eigenvalue weighted by molar-refractivity contribution is 5.55. The Kier molecular flexibility index (Phi) is 6.18. The van der Waals surface area contributed by atoms with Gasteiger partial charge < -0.3 is 19.9 Å². The maximum atomic E-state index is 8.90. The summed E-state index contributed by atoms with van der Waals surface area (Å²) in [5.41, 5.74) is 1.06. The number of methoxy groups -OCH3 is 1. The molecule has 2 atom stereocenters. The second-order valence-electron chi connectivity index (χ2n) is 5.89. The van der Waals surface area contributed by atoms with Crippen molar-refractivity contribution < 1.29 is 14.6 Å². The maximum Gasteiger partial charge on any atom is 0.163 e. The van der Waals surface area contributed by atoms with Crippen LogP contribution < -0.4 is 14.8 Å². The van der Waals surface area contributed by atoms with Crippen molar-refractivity contribution >= 4 is 5.69 Å². The quantitative estimate of drug-likeness (QED) is 0.789. The second-order valence-corrected chi connectivity index (χ2v) is 5.89. The van der Waals surface area contributed by atoms with Crippen LogP contribution in [-0.4, -0.2) is 31.5 Å². The van der Waals surface area contributed by atoms with Gasteiger partial charge in [-0.25, -0.2) is 0 Å². The van der Waals surface area contributed by atoms with Crippen molar-refractivity contribution in [1.82, 2.24) is 0 Å². The third-order valence-electron chi connectivity index (χ3n) is 4.14. The number of hydrogen-bond acceptors (Lipinski definition) is 4. The molecule has 0 heterocycles. The van der Waals surface area contributed by atoms with Crippen LogP contribution in [0.2, 0.25) is 0 Å². The van der Waals surface area contributed by atoms with Crippen LogP contribution in [0.25, 0.3) is 0 Å². The van der Waals surface area contributed by atoms with Gasteiger partial charge in [0.2, 0.25) is 0 Å². The van der Waals surface area contributed by atoms with E-state index in [9.17, 15) is 0 Å². The smallest absolute Gasteiger partial charge is 0.163 e. The summed E-state index contributed by atoms with van der Waals surface area (Å²) in [5.74, 6) is 2.22. The lowest BCUT2D eigenvalue weighted by Gasteiger charge is -2.19. The molecule has 4 heteroatoms. The Morgan fingerprint density at radius 2 is 2.05 bits per heavy atom. The van der Waals surface area contributed by atoms with Crippen molar-refractivity contribution in [1.29, 1.82) is 0 Å². The Hall–Kier alpha value is -1.42. The predicted molar refractivity (Wildman–Crippen MR) is 85.2 cm³/mol. The van der Waals surface area contributed by atoms with E-state index in [1.807, 2.05) is 18.2 Å². The fraction of sp³-hybridized carbons (Fsp3) is 0.647. The molecule has 1 aliphatic rings. The summed E-state index contributed by atoms with van der Waals surface area (Å²) in [6, 6.07) is 6.44. The van der Waals surface area contributed by atoms with E-state index >= 15 is 0 Å². The fourth-order valence-electron chi connectivity index (χ4n) is 2.90. The van der Waals surface area contributed by atoms with E-state index in [-0.39, 0.29) is 13.2 Å². The third kappa shape index (κ3) is 4.81. The molecular formula is C17H27NO3. The highest BCUT2D eigenvalue weighted by Crippen LogP contribution is 2.32. The first kappa shape index (κ1) is 16.0. The molecule has 0 aliphatic heterocycles. The molecule has 0 aromatic heterocycles. The molecule has 1 aromatic carbocycles. The van der Waals surface area contributed by atoms with Gasteiger partial charge in [0.15, 0.2) is 11.5 Å². The van der Waals surface area contributed by atoms with E-state index in [1.54, 1.807) is 7.11 Å². The summed E-state index contributed by atoms with van der Waals surface area (Å²) >= 11 is 0. The predicted octanol–water partition coefficient (Wildman–Crippen LogP) is 3.45. The summed E-state index contributed by atoms with van der Waals surface area (Å²) < 4.78 is 10.8. The average Bonchev–Trinajstić information content (AvgIpc) is 2.70. The van der Waals surface area contributed by atoms with Crippen LogP contribution >= 0.6 is 0 Å². The number of ether oxygens (including phenoxy) is 2. The topological polar surface area (TPSA) is 50.7 Å². The Bertz CT molecular complexity index is 436. The molecule has 1 saturated carbocycles. The van der Waals surface area contributed by atoms with Gasteiger partial charge in [-0.15, -0.1) is 0 Å². The van der Waals surface area contributed by atoms with Crippen LogP contribution in [0.5, 0.6) is 11.5 Å². The van der Waals surface area contributed by atoms with Crippen molar-refractivity contribution in [3.8, 4) is 11.5 Å². The van der Waals surface area contributed by atoms with E-state index in [2.05, 4.69) is 12.2 Å². The zero-order valence-electron chi connectivity index (χ0n) is 13.1. The lowest BCUT2D eigenvalue weighted by atomic mass is 10.0. The van der Waals surface area contributed by atoms with Crippen LogP contribution in [0.15, 0.2) is 18.2 Å². The normalized spacial score (nSPS) is 22.4. The average molecular weight is 293 g/mol. The van der Waals surface area contributed by atoms with Gasteiger partial charge in [0.05, 0.1) is 13.7 Å². The van der Waals surface area contributed by atoms with Crippen LogP contribution in [-0.2, 0) is 0 Å². The Morgan fingerprint density at radius 1 is 1.19 bits per heavy atom. The summed E-state index contributed by atoms with van der Waals surface area (Å²) in [5, 5.41) is 12.5. The Labute approximate surface area is 127 Å². The molecular weight excluding hydrogens is 266 g/mol. The molecule has 0 amide bonds. The first-order valence-corrected chi connectivity index (χ1v) is 7.91. The van der Waals surface area contributed by atoms with Crippen LogP contribution in [0, 0.1) is 5.92 Å². The van der Waals surface area contributed by atoms with E-state index < -0.39 is 0 Å². The molecule has 21 heavy (non-hydrogen) atoms. The standard InChI is InChI=1S/C17H27NO3/c1-13-4-3-5-14(7-6-13)18-15-8-9-16(20-2)17(12-15)21-11-10-19/h8-9,12-14,18-19H,3-7,10-11H2,1-2H3. The molecule has 2 unspecified atom stereocenters. The van der Waals surface area contributed by atoms with E-state index in [1.165, 1.54) is 32.1 Å². The molecule has 0 saturated heterocycles. The van der Waals surface area contributed by atoms with Gasteiger partial charge in [0.1, 0.15) is 6.61 Å². The largest absolute Gasteiger partial charge is 0.493 e. The van der Waals surface area contributed by atoms with Gasteiger partial charge in [0, 0.05) is 17.8 Å². The summed E-state index contributed by atoms with van der Waals surface area (Å²) in [6.45, 7) is 2.62. The molecule has 0 radical (unpaired) electrons. The number of aliphatic hydroxyl groups excluding tert-OH is 1. The molecule has 1 aromatic rings. The van der Waals surface area contributed by atoms with Crippen molar-refractivity contribution in [2.75, 3.05) is 25.6 Å². The van der Waals surface area contributed by atoms with Gasteiger partial charge in [-0.1, -0.05) is 19.8 Å². The Morgan fingerprint density at radius 3 is 2.81 bits per heavy atom. The number of benzene rings is 1. The van der Waals surface area contributed by atoms with Gasteiger partial charge in [0.25, 0.3) is 0 Å². The molecule has 1 aliphatic carbocycles. The fourth-order valence-corrected chi connectivity index (χ4v) is 2.90. The van der Waals surface area contributed by atoms with E-state index in [0.29, 0.717) is 17.5 Å². The van der Waals surface area contributed by atoms with Crippen molar-refractivity contribution in [3.63, 3.8) is 0 Å². The first-order chi connectivity index (χ1) is 10.2. The first-order valence-electron chi connectivity index (χ1n) is 7.91. The summed E-state index contributed by atoms with van der Waals surface area (Å²) in [4.78, 5) is 0. The number of rotatable bonds is 6. The van der Waals surface area contributed by atoms with Crippen molar-refractivity contribution in [3.05, 3.63) is 18.2 Å². The van der Waals surface area contributed by atoms with Crippen LogP contribution in [0.1, 0.15) is 39.0 Å². The lowest BCUT2D eigenvalue weighted by molar-refractivity contribution is 0.196. The highest BCUT2D eigenvalue weighted by atomic mass is 16.5. The Balaban J connectivity index is 2.01. The van der Waals surface area contributed by atoms with Crippen LogP contribution in [0.3, 0.4) is 0 Å². The minimum atomic E-state index is 0.00131. The van der Waals surface area contributed by atoms with Gasteiger partial charge >= 0.3 is 0 Å². The van der Waals surface area contributed by atoms with Gasteiger partial charge in [-0.3, -0.25) is 0 Å². The lowest BCUT2D eigenvalue weighted by Crippen LogP contribution is -2.18. The third-order valence-corrected chi connectivity index (χ3v) is 4.14. The molecule has 2 N–H and O–H groups in total. The second kappa shape index (κ2) is 8.13. The zero-order valence-corrected chi connectivity index (χ0v) is 13.1. The van der Waals surface area contributed by atoms with E-state index in [0.717, 1.165) is 11.6 Å². The van der Waals surface area contributed by atoms with Crippen LogP contribution in [0.4, 0.5) is 5.69 Å². The highest BCUT2D eigenvalue weighted by Gasteiger charge is 2.16. The molecule has 1 fully saturated rings. The van der Waals surface area contributed by atoms with Crippen molar-refractivity contribution in [2.45, 2.75) is 45.1 Å². The minimum Gasteiger partial charge on any atom is -0.493 e. The van der Waals surface area contributed by atoms with E-state index in [4.69, 9.17) is 14.6 Å². The zero-order chi connectivity index (χ0) is 15.1. The van der Waals surface area contributed by atoms with Crippen molar-refractivity contribution in [2.24, 2.45) is 5.92 Å². The molecule has 2 rings (SSSR count). The molecule has 0 bridgehead atoms. The monoisotopic (exact) mass is 293 g/mol. The number of hydrogen-bond donors (Lipinski definition) is 2. The number of aliphatic hydroxyl groups is 1. The molecule has 4 nitrogen and oxygen atoms in total. The minimum absolute atomic E-state index is 0.00131. The van der Waals surface area contributed by atoms with Gasteiger partial charge in [-0.05, 0) is 37.3 Å². The summed E-state index contributed by atoms with van der Waals surface area (Å²) in [7, 11) is 1.63. The SMILES string of the molecule is COc1ccc(NC2CCCC(C)CC2)cc1OCCO. The van der Waals surface area contributed by atoms with Gasteiger partial charge in [-0.2, -0.15) is 0 Å². The molecule has 0 spiro atoms.